The minimum absolute atomic E-state index is 0.0244. The minimum Gasteiger partial charge on any atom is -0.476 e. The standard InChI is InChI=1S/C16H16BrN3O4/c1-10(2)20(15-18-8-12(17)13(19-15)14(21)22)16(23)24-9-11-6-4-3-5-7-11/h3-8,10H,9H2,1-2H3,(H,21,22). The molecule has 2 aromatic rings. The fourth-order valence-electron chi connectivity index (χ4n) is 1.94. The predicted octanol–water partition coefficient (Wildman–Crippen LogP) is 3.49. The Labute approximate surface area is 147 Å². The number of carbonyl (C=O) groups excluding carboxylic acids is 1. The fourth-order valence-corrected chi connectivity index (χ4v) is 2.30. The number of hydrogen-bond acceptors (Lipinski definition) is 5. The second-order valence-electron chi connectivity index (χ2n) is 5.18. The number of ether oxygens (including phenoxy) is 1. The Hall–Kier alpha value is -2.48. The van der Waals surface area contributed by atoms with Crippen LogP contribution in [0.25, 0.3) is 0 Å². The third-order valence-electron chi connectivity index (χ3n) is 3.07. The molecule has 1 heterocycles. The minimum atomic E-state index is -1.22. The van der Waals surface area contributed by atoms with Gasteiger partial charge in [0.15, 0.2) is 5.69 Å². The molecule has 1 aromatic heterocycles. The lowest BCUT2D eigenvalue weighted by molar-refractivity contribution is 0.0689. The summed E-state index contributed by atoms with van der Waals surface area (Å²) in [5.41, 5.74) is 0.624. The number of hydrogen-bond donors (Lipinski definition) is 1. The van der Waals surface area contributed by atoms with Crippen molar-refractivity contribution < 1.29 is 19.4 Å². The molecule has 7 nitrogen and oxygen atoms in total. The molecule has 0 unspecified atom stereocenters. The summed E-state index contributed by atoms with van der Waals surface area (Å²) in [6.07, 6.45) is 0.651. The molecule has 0 saturated heterocycles. The summed E-state index contributed by atoms with van der Waals surface area (Å²) in [5, 5.41) is 9.15. The molecule has 0 bridgehead atoms. The fraction of sp³-hybridized carbons (Fsp3) is 0.250. The average molecular weight is 394 g/mol. The Morgan fingerprint density at radius 3 is 2.54 bits per heavy atom. The third kappa shape index (κ3) is 4.29. The van der Waals surface area contributed by atoms with E-state index in [0.29, 0.717) is 0 Å². The molecule has 0 aliphatic heterocycles. The lowest BCUT2D eigenvalue weighted by Gasteiger charge is -2.24. The highest BCUT2D eigenvalue weighted by atomic mass is 79.9. The first-order valence-electron chi connectivity index (χ1n) is 7.16. The number of aromatic nitrogens is 2. The third-order valence-corrected chi connectivity index (χ3v) is 3.65. The van der Waals surface area contributed by atoms with Gasteiger partial charge in [-0.3, -0.25) is 0 Å². The van der Waals surface area contributed by atoms with Crippen molar-refractivity contribution in [2.75, 3.05) is 4.90 Å². The lowest BCUT2D eigenvalue weighted by atomic mass is 10.2. The summed E-state index contributed by atoms with van der Waals surface area (Å²) in [6, 6.07) is 8.93. The van der Waals surface area contributed by atoms with Gasteiger partial charge in [-0.05, 0) is 35.3 Å². The highest BCUT2D eigenvalue weighted by molar-refractivity contribution is 9.10. The Morgan fingerprint density at radius 1 is 1.29 bits per heavy atom. The zero-order valence-corrected chi connectivity index (χ0v) is 14.7. The van der Waals surface area contributed by atoms with Gasteiger partial charge >= 0.3 is 12.1 Å². The van der Waals surface area contributed by atoms with Gasteiger partial charge in [-0.15, -0.1) is 0 Å². The summed E-state index contributed by atoms with van der Waals surface area (Å²) < 4.78 is 5.52. The molecule has 0 spiro atoms. The van der Waals surface area contributed by atoms with Crippen molar-refractivity contribution >= 4 is 33.9 Å². The smallest absolute Gasteiger partial charge is 0.417 e. The number of carboxylic acids is 1. The molecule has 24 heavy (non-hydrogen) atoms. The first kappa shape index (κ1) is 17.9. The van der Waals surface area contributed by atoms with Crippen LogP contribution in [0.15, 0.2) is 41.0 Å². The second kappa shape index (κ2) is 7.87. The molecule has 0 saturated carbocycles. The molecule has 1 aromatic carbocycles. The summed E-state index contributed by atoms with van der Waals surface area (Å²) >= 11 is 3.08. The molecule has 2 rings (SSSR count). The van der Waals surface area contributed by atoms with Crippen LogP contribution in [0.2, 0.25) is 0 Å². The van der Waals surface area contributed by atoms with Crippen LogP contribution in [0.1, 0.15) is 29.9 Å². The highest BCUT2D eigenvalue weighted by Crippen LogP contribution is 2.19. The van der Waals surface area contributed by atoms with Crippen molar-refractivity contribution in [2.24, 2.45) is 0 Å². The predicted molar refractivity (Wildman–Crippen MR) is 90.9 cm³/mol. The van der Waals surface area contributed by atoms with Gasteiger partial charge in [0.2, 0.25) is 5.95 Å². The Morgan fingerprint density at radius 2 is 1.96 bits per heavy atom. The van der Waals surface area contributed by atoms with Crippen molar-refractivity contribution in [1.29, 1.82) is 0 Å². The number of rotatable bonds is 5. The van der Waals surface area contributed by atoms with Crippen LogP contribution in [0.3, 0.4) is 0 Å². The van der Waals surface area contributed by atoms with Crippen molar-refractivity contribution in [3.05, 3.63) is 52.3 Å². The lowest BCUT2D eigenvalue weighted by Crippen LogP contribution is -2.39. The second-order valence-corrected chi connectivity index (χ2v) is 6.03. The van der Waals surface area contributed by atoms with Crippen LogP contribution in [0.4, 0.5) is 10.7 Å². The average Bonchev–Trinajstić information content (AvgIpc) is 2.55. The number of nitrogens with zero attached hydrogens (tertiary/aromatic N) is 3. The zero-order valence-electron chi connectivity index (χ0n) is 13.1. The van der Waals surface area contributed by atoms with Crippen LogP contribution >= 0.6 is 15.9 Å². The first-order valence-corrected chi connectivity index (χ1v) is 7.95. The van der Waals surface area contributed by atoms with E-state index in [-0.39, 0.29) is 28.8 Å². The van der Waals surface area contributed by atoms with E-state index in [4.69, 9.17) is 9.84 Å². The van der Waals surface area contributed by atoms with E-state index in [1.165, 1.54) is 11.1 Å². The number of benzene rings is 1. The van der Waals surface area contributed by atoms with E-state index in [2.05, 4.69) is 25.9 Å². The number of halogens is 1. The van der Waals surface area contributed by atoms with Crippen LogP contribution in [0.5, 0.6) is 0 Å². The molecule has 126 valence electrons. The van der Waals surface area contributed by atoms with Crippen molar-refractivity contribution in [3.63, 3.8) is 0 Å². The molecule has 0 aliphatic rings. The number of amides is 1. The van der Waals surface area contributed by atoms with Crippen LogP contribution < -0.4 is 4.90 Å². The van der Waals surface area contributed by atoms with Crippen LogP contribution in [-0.4, -0.2) is 33.2 Å². The quantitative estimate of drug-likeness (QED) is 0.835. The summed E-state index contributed by atoms with van der Waals surface area (Å²) in [6.45, 7) is 3.62. The molecule has 1 amide bonds. The van der Waals surface area contributed by atoms with Gasteiger partial charge in [0.05, 0.1) is 4.47 Å². The first-order chi connectivity index (χ1) is 11.4. The Bertz CT molecular complexity index is 737. The summed E-state index contributed by atoms with van der Waals surface area (Å²) in [5.74, 6) is -1.24. The zero-order chi connectivity index (χ0) is 17.7. The Kier molecular flexibility index (Phi) is 5.86. The molecule has 0 fully saturated rings. The van der Waals surface area contributed by atoms with Gasteiger partial charge in [0.1, 0.15) is 6.61 Å². The summed E-state index contributed by atoms with van der Waals surface area (Å²) in [4.78, 5) is 32.8. The monoisotopic (exact) mass is 393 g/mol. The van der Waals surface area contributed by atoms with Crippen molar-refractivity contribution in [2.45, 2.75) is 26.5 Å². The van der Waals surface area contributed by atoms with Crippen molar-refractivity contribution in [3.8, 4) is 0 Å². The van der Waals surface area contributed by atoms with Gasteiger partial charge in [-0.1, -0.05) is 30.3 Å². The van der Waals surface area contributed by atoms with Crippen LogP contribution in [-0.2, 0) is 11.3 Å². The van der Waals surface area contributed by atoms with Crippen LogP contribution in [0, 0.1) is 0 Å². The topological polar surface area (TPSA) is 92.6 Å². The molecule has 0 aliphatic carbocycles. The van der Waals surface area contributed by atoms with E-state index in [0.717, 1.165) is 5.56 Å². The van der Waals surface area contributed by atoms with Crippen molar-refractivity contribution in [1.82, 2.24) is 9.97 Å². The van der Waals surface area contributed by atoms with Gasteiger partial charge in [-0.25, -0.2) is 24.5 Å². The Balaban J connectivity index is 2.21. The van der Waals surface area contributed by atoms with Gasteiger partial charge in [-0.2, -0.15) is 0 Å². The number of carbonyl (C=O) groups is 2. The number of carboxylic acid groups (broad SMARTS) is 1. The highest BCUT2D eigenvalue weighted by Gasteiger charge is 2.25. The number of aromatic carboxylic acids is 1. The van der Waals surface area contributed by atoms with Gasteiger partial charge < -0.3 is 9.84 Å². The molecule has 8 heteroatoms. The molecule has 1 N–H and O–H groups in total. The number of anilines is 1. The van der Waals surface area contributed by atoms with E-state index in [1.807, 2.05) is 30.3 Å². The largest absolute Gasteiger partial charge is 0.476 e. The SMILES string of the molecule is CC(C)N(C(=O)OCc1ccccc1)c1ncc(Br)c(C(=O)O)n1. The molecular weight excluding hydrogens is 378 g/mol. The molecule has 0 atom stereocenters. The van der Waals surface area contributed by atoms with E-state index in [1.54, 1.807) is 13.8 Å². The van der Waals surface area contributed by atoms with E-state index >= 15 is 0 Å². The van der Waals surface area contributed by atoms with E-state index < -0.39 is 12.1 Å². The molecular formula is C16H16BrN3O4. The van der Waals surface area contributed by atoms with Gasteiger partial charge in [0, 0.05) is 12.2 Å². The maximum absolute atomic E-state index is 12.4. The normalized spacial score (nSPS) is 10.5. The molecule has 0 radical (unpaired) electrons. The van der Waals surface area contributed by atoms with E-state index in [9.17, 15) is 9.59 Å². The maximum atomic E-state index is 12.4. The summed E-state index contributed by atoms with van der Waals surface area (Å²) in [7, 11) is 0. The van der Waals surface area contributed by atoms with Gasteiger partial charge in [0.25, 0.3) is 0 Å². The maximum Gasteiger partial charge on any atom is 0.417 e.